The lowest BCUT2D eigenvalue weighted by molar-refractivity contribution is 0.601. The number of hydrogen-bond acceptors (Lipinski definition) is 6. The van der Waals surface area contributed by atoms with E-state index in [0.29, 0.717) is 5.69 Å². The molecule has 0 aliphatic rings. The molecule has 0 unspecified atom stereocenters. The third-order valence-corrected chi connectivity index (χ3v) is 4.73. The fourth-order valence-electron chi connectivity index (χ4n) is 1.43. The molecule has 1 aromatic heterocycles. The minimum atomic E-state index is -3.63. The SMILES string of the molecule is CCCc1nnc(NS(=O)(=O)c2ccc(N)cc2)s1. The highest BCUT2D eigenvalue weighted by Crippen LogP contribution is 2.21. The molecule has 0 radical (unpaired) electrons. The molecule has 19 heavy (non-hydrogen) atoms. The van der Waals surface area contributed by atoms with Crippen molar-refractivity contribution in [2.24, 2.45) is 0 Å². The van der Waals surface area contributed by atoms with Crippen LogP contribution in [0.3, 0.4) is 0 Å². The van der Waals surface area contributed by atoms with E-state index in [1.165, 1.54) is 35.6 Å². The highest BCUT2D eigenvalue weighted by Gasteiger charge is 2.16. The van der Waals surface area contributed by atoms with Crippen LogP contribution in [0.1, 0.15) is 18.4 Å². The van der Waals surface area contributed by atoms with Crippen molar-refractivity contribution in [3.8, 4) is 0 Å². The van der Waals surface area contributed by atoms with E-state index in [9.17, 15) is 8.42 Å². The molecule has 0 atom stereocenters. The van der Waals surface area contributed by atoms with E-state index in [4.69, 9.17) is 5.73 Å². The van der Waals surface area contributed by atoms with E-state index in [0.717, 1.165) is 17.8 Å². The van der Waals surface area contributed by atoms with Gasteiger partial charge in [-0.15, -0.1) is 10.2 Å². The molecule has 3 N–H and O–H groups in total. The maximum absolute atomic E-state index is 12.1. The van der Waals surface area contributed by atoms with Crippen LogP contribution in [-0.2, 0) is 16.4 Å². The Kier molecular flexibility index (Phi) is 4.01. The summed E-state index contributed by atoms with van der Waals surface area (Å²) < 4.78 is 26.5. The topological polar surface area (TPSA) is 98.0 Å². The van der Waals surface area contributed by atoms with Gasteiger partial charge in [-0.3, -0.25) is 4.72 Å². The van der Waals surface area contributed by atoms with Gasteiger partial charge in [0.2, 0.25) is 5.13 Å². The average Bonchev–Trinajstić information content (AvgIpc) is 2.77. The van der Waals surface area contributed by atoms with Crippen LogP contribution in [0, 0.1) is 0 Å². The number of benzene rings is 1. The molecule has 0 aliphatic heterocycles. The minimum Gasteiger partial charge on any atom is -0.399 e. The first kappa shape index (κ1) is 13.8. The van der Waals surface area contributed by atoms with Crippen molar-refractivity contribution in [1.29, 1.82) is 0 Å². The van der Waals surface area contributed by atoms with Gasteiger partial charge in [-0.2, -0.15) is 0 Å². The summed E-state index contributed by atoms with van der Waals surface area (Å²) in [6.07, 6.45) is 1.74. The second-order valence-corrected chi connectivity index (χ2v) is 6.67. The summed E-state index contributed by atoms with van der Waals surface area (Å²) in [5, 5.41) is 8.83. The molecule has 6 nitrogen and oxygen atoms in total. The van der Waals surface area contributed by atoms with Gasteiger partial charge in [-0.25, -0.2) is 8.42 Å². The van der Waals surface area contributed by atoms with E-state index in [-0.39, 0.29) is 10.0 Å². The van der Waals surface area contributed by atoms with E-state index >= 15 is 0 Å². The summed E-state index contributed by atoms with van der Waals surface area (Å²) in [6, 6.07) is 5.98. The molecule has 2 aromatic rings. The molecule has 1 heterocycles. The second-order valence-electron chi connectivity index (χ2n) is 3.93. The largest absolute Gasteiger partial charge is 0.399 e. The van der Waals surface area contributed by atoms with Gasteiger partial charge in [-0.05, 0) is 30.7 Å². The quantitative estimate of drug-likeness (QED) is 0.821. The molecule has 0 saturated heterocycles. The average molecular weight is 298 g/mol. The Morgan fingerprint density at radius 3 is 2.58 bits per heavy atom. The molecule has 0 fully saturated rings. The Morgan fingerprint density at radius 1 is 1.26 bits per heavy atom. The number of hydrogen-bond donors (Lipinski definition) is 2. The summed E-state index contributed by atoms with van der Waals surface area (Å²) in [5.41, 5.74) is 6.04. The smallest absolute Gasteiger partial charge is 0.263 e. The molecule has 0 bridgehead atoms. The van der Waals surface area contributed by atoms with Gasteiger partial charge in [0.15, 0.2) is 0 Å². The Morgan fingerprint density at radius 2 is 1.95 bits per heavy atom. The number of rotatable bonds is 5. The Hall–Kier alpha value is -1.67. The third kappa shape index (κ3) is 3.42. The summed E-state index contributed by atoms with van der Waals surface area (Å²) >= 11 is 1.24. The maximum atomic E-state index is 12.1. The molecule has 1 aromatic carbocycles. The number of aryl methyl sites for hydroxylation is 1. The van der Waals surface area contributed by atoms with E-state index in [1.807, 2.05) is 6.92 Å². The van der Waals surface area contributed by atoms with Crippen molar-refractivity contribution in [2.75, 3.05) is 10.5 Å². The van der Waals surface area contributed by atoms with Gasteiger partial charge in [0.25, 0.3) is 10.0 Å². The fourth-order valence-corrected chi connectivity index (χ4v) is 3.50. The van der Waals surface area contributed by atoms with Gasteiger partial charge in [-0.1, -0.05) is 18.3 Å². The molecule has 0 spiro atoms. The Bertz CT molecular complexity index is 650. The van der Waals surface area contributed by atoms with Crippen molar-refractivity contribution in [1.82, 2.24) is 10.2 Å². The highest BCUT2D eigenvalue weighted by molar-refractivity contribution is 7.93. The van der Waals surface area contributed by atoms with Gasteiger partial charge in [0.05, 0.1) is 4.90 Å². The summed E-state index contributed by atoms with van der Waals surface area (Å²) in [6.45, 7) is 2.03. The van der Waals surface area contributed by atoms with Crippen LogP contribution in [0.2, 0.25) is 0 Å². The first-order chi connectivity index (χ1) is 9.01. The molecule has 8 heteroatoms. The predicted molar refractivity (Wildman–Crippen MR) is 75.6 cm³/mol. The Balaban J connectivity index is 2.18. The van der Waals surface area contributed by atoms with Crippen LogP contribution in [-0.4, -0.2) is 18.6 Å². The number of nitrogen functional groups attached to an aromatic ring is 1. The molecular weight excluding hydrogens is 284 g/mol. The van der Waals surface area contributed by atoms with Gasteiger partial charge < -0.3 is 5.73 Å². The molecule has 0 saturated carbocycles. The fraction of sp³-hybridized carbons (Fsp3) is 0.273. The molecule has 102 valence electrons. The second kappa shape index (κ2) is 5.54. The maximum Gasteiger partial charge on any atom is 0.263 e. The van der Waals surface area contributed by atoms with Crippen LogP contribution in [0.15, 0.2) is 29.2 Å². The van der Waals surface area contributed by atoms with Crippen molar-refractivity contribution in [2.45, 2.75) is 24.7 Å². The number of anilines is 2. The minimum absolute atomic E-state index is 0.147. The molecule has 0 aliphatic carbocycles. The summed E-state index contributed by atoms with van der Waals surface area (Å²) in [5.74, 6) is 0. The number of nitrogens with one attached hydrogen (secondary N) is 1. The van der Waals surface area contributed by atoms with Crippen molar-refractivity contribution >= 4 is 32.2 Å². The first-order valence-corrected chi connectivity index (χ1v) is 8.02. The zero-order valence-electron chi connectivity index (χ0n) is 10.3. The zero-order chi connectivity index (χ0) is 13.9. The summed E-state index contributed by atoms with van der Waals surface area (Å²) in [4.78, 5) is 0.147. The molecule has 2 rings (SSSR count). The number of nitrogens with zero attached hydrogens (tertiary/aromatic N) is 2. The molecule has 0 amide bonds. The van der Waals surface area contributed by atoms with Crippen molar-refractivity contribution < 1.29 is 8.42 Å². The van der Waals surface area contributed by atoms with E-state index in [1.54, 1.807) is 0 Å². The van der Waals surface area contributed by atoms with Crippen LogP contribution < -0.4 is 10.5 Å². The van der Waals surface area contributed by atoms with Crippen LogP contribution >= 0.6 is 11.3 Å². The zero-order valence-corrected chi connectivity index (χ0v) is 12.0. The number of aromatic nitrogens is 2. The van der Waals surface area contributed by atoms with E-state index < -0.39 is 10.0 Å². The predicted octanol–water partition coefficient (Wildman–Crippen LogP) is 1.87. The monoisotopic (exact) mass is 298 g/mol. The van der Waals surface area contributed by atoms with E-state index in [2.05, 4.69) is 14.9 Å². The number of sulfonamides is 1. The van der Waals surface area contributed by atoms with Gasteiger partial charge in [0.1, 0.15) is 5.01 Å². The third-order valence-electron chi connectivity index (χ3n) is 2.34. The van der Waals surface area contributed by atoms with Crippen LogP contribution in [0.4, 0.5) is 10.8 Å². The molecular formula is C11H14N4O2S2. The lowest BCUT2D eigenvalue weighted by Gasteiger charge is -2.04. The van der Waals surface area contributed by atoms with Crippen LogP contribution in [0.5, 0.6) is 0 Å². The Labute approximate surface area is 115 Å². The van der Waals surface area contributed by atoms with Gasteiger partial charge in [0, 0.05) is 12.1 Å². The normalized spacial score (nSPS) is 11.4. The number of nitrogens with two attached hydrogens (primary N) is 1. The van der Waals surface area contributed by atoms with Crippen molar-refractivity contribution in [3.05, 3.63) is 29.3 Å². The van der Waals surface area contributed by atoms with Crippen molar-refractivity contribution in [3.63, 3.8) is 0 Å². The first-order valence-electron chi connectivity index (χ1n) is 5.72. The van der Waals surface area contributed by atoms with Gasteiger partial charge >= 0.3 is 0 Å². The lowest BCUT2D eigenvalue weighted by Crippen LogP contribution is -2.12. The summed E-state index contributed by atoms with van der Waals surface area (Å²) in [7, 11) is -3.63. The standard InChI is InChI=1S/C11H14N4O2S2/c1-2-3-10-13-14-11(18-10)15-19(16,17)9-6-4-8(12)5-7-9/h4-7H,2-3,12H2,1H3,(H,14,15). The lowest BCUT2D eigenvalue weighted by atomic mass is 10.3. The highest BCUT2D eigenvalue weighted by atomic mass is 32.2. The van der Waals surface area contributed by atoms with Crippen LogP contribution in [0.25, 0.3) is 0 Å².